The average Bonchev–Trinajstić information content (AvgIpc) is 3.29. The molecule has 124 valence electrons. The Bertz CT molecular complexity index is 1030. The van der Waals surface area contributed by atoms with Crippen LogP contribution >= 0.6 is 0 Å². The van der Waals surface area contributed by atoms with Crippen LogP contribution in [0.5, 0.6) is 0 Å². The molecule has 1 amide bonds. The Hall–Kier alpha value is -3.41. The minimum atomic E-state index is -0.236. The van der Waals surface area contributed by atoms with Crippen molar-refractivity contribution in [1.82, 2.24) is 19.9 Å². The molecular weight excluding hydrogens is 316 g/mol. The van der Waals surface area contributed by atoms with E-state index in [1.165, 1.54) is 0 Å². The average molecular weight is 332 g/mol. The molecule has 0 aliphatic heterocycles. The van der Waals surface area contributed by atoms with Crippen molar-refractivity contribution < 1.29 is 9.21 Å². The van der Waals surface area contributed by atoms with Crippen LogP contribution in [-0.2, 0) is 6.54 Å². The van der Waals surface area contributed by atoms with Gasteiger partial charge in [0, 0.05) is 11.8 Å². The number of furan rings is 1. The molecule has 6 heteroatoms. The zero-order chi connectivity index (χ0) is 17.2. The maximum absolute atomic E-state index is 12.5. The number of aryl methyl sites for hydroxylation is 1. The van der Waals surface area contributed by atoms with E-state index in [4.69, 9.17) is 4.42 Å². The summed E-state index contributed by atoms with van der Waals surface area (Å²) >= 11 is 0. The number of hydrogen-bond acceptors (Lipinski definition) is 4. The second-order valence-electron chi connectivity index (χ2n) is 5.76. The van der Waals surface area contributed by atoms with E-state index in [1.807, 2.05) is 37.3 Å². The summed E-state index contributed by atoms with van der Waals surface area (Å²) in [5, 5.41) is 7.18. The highest BCUT2D eigenvalue weighted by atomic mass is 16.3. The van der Waals surface area contributed by atoms with Crippen molar-refractivity contribution in [2.45, 2.75) is 13.5 Å². The van der Waals surface area contributed by atoms with Crippen LogP contribution < -0.4 is 5.32 Å². The summed E-state index contributed by atoms with van der Waals surface area (Å²) in [7, 11) is 0. The van der Waals surface area contributed by atoms with Crippen LogP contribution in [0.25, 0.3) is 16.9 Å². The summed E-state index contributed by atoms with van der Waals surface area (Å²) in [6.45, 7) is 2.36. The fourth-order valence-corrected chi connectivity index (χ4v) is 2.75. The molecule has 3 heterocycles. The molecule has 4 rings (SSSR count). The molecule has 0 unspecified atom stereocenters. The van der Waals surface area contributed by atoms with Gasteiger partial charge in [0.25, 0.3) is 5.91 Å². The highest BCUT2D eigenvalue weighted by molar-refractivity contribution is 5.99. The number of nitrogens with zero attached hydrogens (tertiary/aromatic N) is 3. The van der Waals surface area contributed by atoms with Crippen molar-refractivity contribution in [1.29, 1.82) is 0 Å². The molecule has 0 saturated carbocycles. The molecule has 0 radical (unpaired) electrons. The molecule has 0 spiro atoms. The van der Waals surface area contributed by atoms with Crippen LogP contribution in [0.15, 0.2) is 65.5 Å². The molecule has 0 fully saturated rings. The third kappa shape index (κ3) is 2.89. The third-order valence-electron chi connectivity index (χ3n) is 3.96. The predicted molar refractivity (Wildman–Crippen MR) is 93.0 cm³/mol. The maximum Gasteiger partial charge on any atom is 0.257 e. The Morgan fingerprint density at radius 2 is 2.16 bits per heavy atom. The lowest BCUT2D eigenvalue weighted by Crippen LogP contribution is -2.22. The zero-order valence-electron chi connectivity index (χ0n) is 13.6. The first-order valence-electron chi connectivity index (χ1n) is 7.93. The SMILES string of the molecule is Cc1cccc(-c2ccnc3c(C(=O)NCc4ccco4)cnn23)c1. The molecule has 1 aromatic carbocycles. The Morgan fingerprint density at radius 3 is 2.96 bits per heavy atom. The topological polar surface area (TPSA) is 72.4 Å². The fourth-order valence-electron chi connectivity index (χ4n) is 2.75. The zero-order valence-corrected chi connectivity index (χ0v) is 13.6. The van der Waals surface area contributed by atoms with Crippen molar-refractivity contribution in [3.8, 4) is 11.3 Å². The standard InChI is InChI=1S/C19H16N4O2/c1-13-4-2-5-14(10-13)17-7-8-20-18-16(12-22-23(17)18)19(24)21-11-15-6-3-9-25-15/h2-10,12H,11H2,1H3,(H,21,24). The Kier molecular flexibility index (Phi) is 3.78. The molecule has 0 saturated heterocycles. The molecular formula is C19H16N4O2. The van der Waals surface area contributed by atoms with Gasteiger partial charge in [-0.3, -0.25) is 4.79 Å². The first kappa shape index (κ1) is 15.1. The van der Waals surface area contributed by atoms with Gasteiger partial charge in [0.15, 0.2) is 5.65 Å². The second kappa shape index (κ2) is 6.24. The first-order chi connectivity index (χ1) is 12.2. The lowest BCUT2D eigenvalue weighted by atomic mass is 10.1. The van der Waals surface area contributed by atoms with Crippen LogP contribution in [0.3, 0.4) is 0 Å². The number of benzene rings is 1. The van der Waals surface area contributed by atoms with E-state index in [1.54, 1.807) is 29.2 Å². The Morgan fingerprint density at radius 1 is 1.24 bits per heavy atom. The van der Waals surface area contributed by atoms with E-state index in [2.05, 4.69) is 21.5 Å². The van der Waals surface area contributed by atoms with E-state index in [0.717, 1.165) is 16.8 Å². The minimum Gasteiger partial charge on any atom is -0.467 e. The van der Waals surface area contributed by atoms with Gasteiger partial charge in [-0.2, -0.15) is 5.10 Å². The Balaban J connectivity index is 1.68. The molecule has 3 aromatic heterocycles. The number of fused-ring (bicyclic) bond motifs is 1. The summed E-state index contributed by atoms with van der Waals surface area (Å²) in [4.78, 5) is 16.8. The normalized spacial score (nSPS) is 10.9. The van der Waals surface area contributed by atoms with Gasteiger partial charge in [0.1, 0.15) is 11.3 Å². The lowest BCUT2D eigenvalue weighted by Gasteiger charge is -2.06. The van der Waals surface area contributed by atoms with Crippen molar-refractivity contribution in [3.05, 3.63) is 78.0 Å². The van der Waals surface area contributed by atoms with Crippen LogP contribution in [-0.4, -0.2) is 20.5 Å². The number of amides is 1. The van der Waals surface area contributed by atoms with Crippen molar-refractivity contribution in [2.75, 3.05) is 0 Å². The number of nitrogens with one attached hydrogen (secondary N) is 1. The second-order valence-corrected chi connectivity index (χ2v) is 5.76. The van der Waals surface area contributed by atoms with Gasteiger partial charge in [-0.1, -0.05) is 23.8 Å². The van der Waals surface area contributed by atoms with Gasteiger partial charge >= 0.3 is 0 Å². The van der Waals surface area contributed by atoms with Crippen LogP contribution in [0, 0.1) is 6.92 Å². The van der Waals surface area contributed by atoms with Gasteiger partial charge in [-0.25, -0.2) is 9.50 Å². The quantitative estimate of drug-likeness (QED) is 0.623. The molecule has 0 aliphatic rings. The summed E-state index contributed by atoms with van der Waals surface area (Å²) < 4.78 is 6.92. The number of carbonyl (C=O) groups excluding carboxylic acids is 1. The third-order valence-corrected chi connectivity index (χ3v) is 3.96. The molecule has 0 atom stereocenters. The summed E-state index contributed by atoms with van der Waals surface area (Å²) in [6, 6.07) is 13.6. The largest absolute Gasteiger partial charge is 0.467 e. The van der Waals surface area contributed by atoms with Gasteiger partial charge in [0.2, 0.25) is 0 Å². The first-order valence-corrected chi connectivity index (χ1v) is 7.93. The summed E-state index contributed by atoms with van der Waals surface area (Å²) in [6.07, 6.45) is 4.81. The lowest BCUT2D eigenvalue weighted by molar-refractivity contribution is 0.0949. The predicted octanol–water partition coefficient (Wildman–Crippen LogP) is 3.23. The Labute approximate surface area is 144 Å². The molecule has 25 heavy (non-hydrogen) atoms. The minimum absolute atomic E-state index is 0.236. The maximum atomic E-state index is 12.5. The fraction of sp³-hybridized carbons (Fsp3) is 0.105. The molecule has 0 aliphatic carbocycles. The molecule has 6 nitrogen and oxygen atoms in total. The van der Waals surface area contributed by atoms with E-state index < -0.39 is 0 Å². The van der Waals surface area contributed by atoms with Gasteiger partial charge < -0.3 is 9.73 Å². The van der Waals surface area contributed by atoms with Crippen molar-refractivity contribution in [2.24, 2.45) is 0 Å². The molecule has 0 bridgehead atoms. The number of hydrogen-bond donors (Lipinski definition) is 1. The van der Waals surface area contributed by atoms with E-state index >= 15 is 0 Å². The monoisotopic (exact) mass is 332 g/mol. The number of aromatic nitrogens is 3. The van der Waals surface area contributed by atoms with E-state index in [0.29, 0.717) is 23.5 Å². The number of rotatable bonds is 4. The number of carbonyl (C=O) groups is 1. The van der Waals surface area contributed by atoms with Gasteiger partial charge in [-0.15, -0.1) is 0 Å². The molecule has 4 aromatic rings. The van der Waals surface area contributed by atoms with Crippen LogP contribution in [0.2, 0.25) is 0 Å². The smallest absolute Gasteiger partial charge is 0.257 e. The highest BCUT2D eigenvalue weighted by Crippen LogP contribution is 2.21. The summed E-state index contributed by atoms with van der Waals surface area (Å²) in [5.74, 6) is 0.457. The molecule has 1 N–H and O–H groups in total. The highest BCUT2D eigenvalue weighted by Gasteiger charge is 2.16. The van der Waals surface area contributed by atoms with E-state index in [9.17, 15) is 4.79 Å². The van der Waals surface area contributed by atoms with Gasteiger partial charge in [-0.05, 0) is 31.2 Å². The van der Waals surface area contributed by atoms with Gasteiger partial charge in [0.05, 0.1) is 24.7 Å². The van der Waals surface area contributed by atoms with Crippen LogP contribution in [0.1, 0.15) is 21.7 Å². The van der Waals surface area contributed by atoms with E-state index in [-0.39, 0.29) is 5.91 Å². The van der Waals surface area contributed by atoms with Crippen molar-refractivity contribution >= 4 is 11.6 Å². The summed E-state index contributed by atoms with van der Waals surface area (Å²) in [5.41, 5.74) is 4.03. The van der Waals surface area contributed by atoms with Crippen molar-refractivity contribution in [3.63, 3.8) is 0 Å². The van der Waals surface area contributed by atoms with Crippen LogP contribution in [0.4, 0.5) is 0 Å².